The third-order valence-corrected chi connectivity index (χ3v) is 3.48. The second kappa shape index (κ2) is 4.32. The third-order valence-electron chi connectivity index (χ3n) is 3.48. The van der Waals surface area contributed by atoms with Crippen LogP contribution in [-0.4, -0.2) is 17.1 Å². The summed E-state index contributed by atoms with van der Waals surface area (Å²) in [7, 11) is 1.61. The fourth-order valence-electron chi connectivity index (χ4n) is 2.56. The van der Waals surface area contributed by atoms with Crippen molar-refractivity contribution in [2.24, 2.45) is 5.84 Å². The quantitative estimate of drug-likeness (QED) is 0.434. The summed E-state index contributed by atoms with van der Waals surface area (Å²) in [6, 6.07) is 11.4. The molecule has 0 bridgehead atoms. The van der Waals surface area contributed by atoms with Gasteiger partial charge in [-0.3, -0.25) is 5.43 Å². The maximum absolute atomic E-state index is 5.99. The Balaban J connectivity index is 2.16. The molecule has 1 aromatic heterocycles. The highest BCUT2D eigenvalue weighted by Gasteiger charge is 2.25. The Morgan fingerprint density at radius 2 is 2.00 bits per heavy atom. The fraction of sp³-hybridized carbons (Fsp3) is 0.0667. The molecule has 104 valence electrons. The fourth-order valence-corrected chi connectivity index (χ4v) is 2.56. The van der Waals surface area contributed by atoms with E-state index >= 15 is 0 Å². The Hall–Kier alpha value is -2.86. The summed E-state index contributed by atoms with van der Waals surface area (Å²) in [5.41, 5.74) is 4.94. The highest BCUT2D eigenvalue weighted by molar-refractivity contribution is 6.02. The van der Waals surface area contributed by atoms with Crippen LogP contribution in [0.25, 0.3) is 22.2 Å². The number of fused-ring (bicyclic) bond motifs is 2. The number of para-hydroxylation sites is 1. The number of rotatable bonds is 2. The molecular weight excluding hydrogens is 268 g/mol. The summed E-state index contributed by atoms with van der Waals surface area (Å²) < 4.78 is 11.4. The molecule has 0 fully saturated rings. The first kappa shape index (κ1) is 11.9. The van der Waals surface area contributed by atoms with Gasteiger partial charge in [0.2, 0.25) is 5.95 Å². The second-order valence-electron chi connectivity index (χ2n) is 4.63. The van der Waals surface area contributed by atoms with Gasteiger partial charge >= 0.3 is 0 Å². The number of hydrogen-bond acceptors (Lipinski definition) is 6. The van der Waals surface area contributed by atoms with Gasteiger partial charge in [0.15, 0.2) is 11.5 Å². The van der Waals surface area contributed by atoms with Crippen LogP contribution in [0.4, 0.5) is 5.95 Å². The van der Waals surface area contributed by atoms with Gasteiger partial charge in [-0.2, -0.15) is 0 Å². The molecule has 0 saturated heterocycles. The monoisotopic (exact) mass is 280 g/mol. The molecule has 0 amide bonds. The Labute approximate surface area is 120 Å². The number of nitrogen functional groups attached to an aromatic ring is 1. The summed E-state index contributed by atoms with van der Waals surface area (Å²) in [6.07, 6.45) is 0. The van der Waals surface area contributed by atoms with Crippen LogP contribution in [0.15, 0.2) is 36.4 Å². The van der Waals surface area contributed by atoms with Crippen LogP contribution in [0.1, 0.15) is 0 Å². The minimum absolute atomic E-state index is 0.366. The predicted molar refractivity (Wildman–Crippen MR) is 79.4 cm³/mol. The zero-order valence-electron chi connectivity index (χ0n) is 11.3. The van der Waals surface area contributed by atoms with Crippen molar-refractivity contribution in [1.29, 1.82) is 0 Å². The third kappa shape index (κ3) is 1.63. The number of hydrogen-bond donors (Lipinski definition) is 2. The largest absolute Gasteiger partial charge is 0.493 e. The standard InChI is InChI=1S/C15H12N4O2/c1-20-11-7-6-9-12-13(18-15(17-9)19-16)8-4-2-3-5-10(8)21-14(11)12/h2-7H,16H2,1H3,(H,17,18,19). The van der Waals surface area contributed by atoms with E-state index in [1.54, 1.807) is 7.11 Å². The Morgan fingerprint density at radius 3 is 2.81 bits per heavy atom. The number of benzene rings is 2. The van der Waals surface area contributed by atoms with Gasteiger partial charge in [0.05, 0.1) is 23.7 Å². The summed E-state index contributed by atoms with van der Waals surface area (Å²) in [5, 5.41) is 0.826. The molecule has 0 unspecified atom stereocenters. The molecule has 6 nitrogen and oxygen atoms in total. The highest BCUT2D eigenvalue weighted by Crippen LogP contribution is 2.49. The molecule has 21 heavy (non-hydrogen) atoms. The predicted octanol–water partition coefficient (Wildman–Crippen LogP) is 2.70. The number of nitrogens with one attached hydrogen (secondary N) is 1. The van der Waals surface area contributed by atoms with Crippen molar-refractivity contribution < 1.29 is 9.47 Å². The van der Waals surface area contributed by atoms with Crippen LogP contribution >= 0.6 is 0 Å². The number of nitrogens with two attached hydrogens (primary N) is 1. The van der Waals surface area contributed by atoms with E-state index in [4.69, 9.17) is 15.3 Å². The normalized spacial score (nSPS) is 11.7. The number of anilines is 1. The van der Waals surface area contributed by atoms with Crippen LogP contribution in [0.5, 0.6) is 17.2 Å². The Morgan fingerprint density at radius 1 is 1.14 bits per heavy atom. The summed E-state index contributed by atoms with van der Waals surface area (Å²) in [6.45, 7) is 0. The number of ether oxygens (including phenoxy) is 2. The van der Waals surface area contributed by atoms with Gasteiger partial charge in [-0.05, 0) is 24.3 Å². The summed E-state index contributed by atoms with van der Waals surface area (Å²) in [4.78, 5) is 8.85. The van der Waals surface area contributed by atoms with Gasteiger partial charge in [-0.25, -0.2) is 15.8 Å². The zero-order valence-corrected chi connectivity index (χ0v) is 11.3. The molecule has 4 rings (SSSR count). The lowest BCUT2D eigenvalue weighted by Gasteiger charge is -2.22. The minimum Gasteiger partial charge on any atom is -0.493 e. The average Bonchev–Trinajstić information content (AvgIpc) is 2.55. The lowest BCUT2D eigenvalue weighted by molar-refractivity contribution is 0.381. The van der Waals surface area contributed by atoms with Gasteiger partial charge in [0.1, 0.15) is 5.75 Å². The first-order chi connectivity index (χ1) is 10.3. The number of hydrazine groups is 1. The van der Waals surface area contributed by atoms with E-state index in [0.29, 0.717) is 17.4 Å². The molecule has 6 heteroatoms. The average molecular weight is 280 g/mol. The first-order valence-electron chi connectivity index (χ1n) is 6.44. The molecule has 0 spiro atoms. The lowest BCUT2D eigenvalue weighted by Crippen LogP contribution is -2.12. The molecule has 0 radical (unpaired) electrons. The van der Waals surface area contributed by atoms with Gasteiger partial charge < -0.3 is 9.47 Å². The van der Waals surface area contributed by atoms with Crippen molar-refractivity contribution in [3.05, 3.63) is 36.4 Å². The van der Waals surface area contributed by atoms with Crippen molar-refractivity contribution in [2.75, 3.05) is 12.5 Å². The molecular formula is C15H12N4O2. The van der Waals surface area contributed by atoms with Crippen molar-refractivity contribution in [1.82, 2.24) is 9.97 Å². The van der Waals surface area contributed by atoms with Crippen molar-refractivity contribution in [2.45, 2.75) is 0 Å². The molecule has 2 aromatic carbocycles. The van der Waals surface area contributed by atoms with Crippen molar-refractivity contribution in [3.63, 3.8) is 0 Å². The molecule has 2 heterocycles. The second-order valence-corrected chi connectivity index (χ2v) is 4.63. The Bertz CT molecular complexity index is 864. The van der Waals surface area contributed by atoms with Gasteiger partial charge in [-0.1, -0.05) is 12.1 Å². The van der Waals surface area contributed by atoms with Crippen molar-refractivity contribution in [3.8, 4) is 28.5 Å². The van der Waals surface area contributed by atoms with Crippen LogP contribution in [0, 0.1) is 0 Å². The van der Waals surface area contributed by atoms with E-state index in [2.05, 4.69) is 15.4 Å². The zero-order chi connectivity index (χ0) is 14.4. The van der Waals surface area contributed by atoms with E-state index in [-0.39, 0.29) is 0 Å². The molecule has 1 aliphatic heterocycles. The molecule has 0 aliphatic carbocycles. The molecule has 0 saturated carbocycles. The summed E-state index contributed by atoms with van der Waals surface area (Å²) in [5.74, 6) is 7.85. The molecule has 3 aromatic rings. The van der Waals surface area contributed by atoms with Gasteiger partial charge in [-0.15, -0.1) is 0 Å². The van der Waals surface area contributed by atoms with E-state index in [0.717, 1.165) is 27.9 Å². The van der Waals surface area contributed by atoms with Crippen LogP contribution in [-0.2, 0) is 0 Å². The molecule has 3 N–H and O–H groups in total. The smallest absolute Gasteiger partial charge is 0.238 e. The molecule has 1 aliphatic rings. The topological polar surface area (TPSA) is 82.3 Å². The Kier molecular flexibility index (Phi) is 2.45. The van der Waals surface area contributed by atoms with Crippen LogP contribution < -0.4 is 20.7 Å². The van der Waals surface area contributed by atoms with Crippen LogP contribution in [0.3, 0.4) is 0 Å². The lowest BCUT2D eigenvalue weighted by atomic mass is 10.0. The SMILES string of the molecule is COc1ccc2nc(NN)nc3c2c1Oc1ccccc1-3. The molecule has 0 atom stereocenters. The van der Waals surface area contributed by atoms with Gasteiger partial charge in [0.25, 0.3) is 0 Å². The van der Waals surface area contributed by atoms with Crippen molar-refractivity contribution >= 4 is 16.9 Å². The number of nitrogens with zero attached hydrogens (tertiary/aromatic N) is 2. The number of aromatic nitrogens is 2. The van der Waals surface area contributed by atoms with E-state index in [1.807, 2.05) is 36.4 Å². The number of methoxy groups -OCH3 is 1. The van der Waals surface area contributed by atoms with E-state index in [1.165, 1.54) is 0 Å². The summed E-state index contributed by atoms with van der Waals surface area (Å²) >= 11 is 0. The maximum atomic E-state index is 5.99. The first-order valence-corrected chi connectivity index (χ1v) is 6.44. The van der Waals surface area contributed by atoms with E-state index < -0.39 is 0 Å². The highest BCUT2D eigenvalue weighted by atomic mass is 16.5. The van der Waals surface area contributed by atoms with Crippen LogP contribution in [0.2, 0.25) is 0 Å². The minimum atomic E-state index is 0.366. The van der Waals surface area contributed by atoms with E-state index in [9.17, 15) is 0 Å². The maximum Gasteiger partial charge on any atom is 0.238 e. The van der Waals surface area contributed by atoms with Gasteiger partial charge in [0, 0.05) is 5.56 Å².